The zero-order valence-corrected chi connectivity index (χ0v) is 27.5. The van der Waals surface area contributed by atoms with Crippen molar-refractivity contribution in [1.29, 1.82) is 0 Å². The fourth-order valence-corrected chi connectivity index (χ4v) is 5.84. The van der Waals surface area contributed by atoms with Crippen LogP contribution in [0.25, 0.3) is 0 Å². The third kappa shape index (κ3) is 7.14. The summed E-state index contributed by atoms with van der Waals surface area (Å²) >= 11 is 0. The summed E-state index contributed by atoms with van der Waals surface area (Å²) in [6.45, 7) is 4.12. The highest BCUT2D eigenvalue weighted by Crippen LogP contribution is 2.39. The Labute approximate surface area is 288 Å². The van der Waals surface area contributed by atoms with Crippen LogP contribution in [0.5, 0.6) is 11.5 Å². The lowest BCUT2D eigenvalue weighted by molar-refractivity contribution is 0.103. The number of rotatable bonds is 10. The smallest absolute Gasteiger partial charge is 0.193 e. The largest absolute Gasteiger partial charge is 0.457 e. The summed E-state index contributed by atoms with van der Waals surface area (Å²) in [4.78, 5) is 17.4. The van der Waals surface area contributed by atoms with E-state index < -0.39 is 0 Å². The maximum Gasteiger partial charge on any atom is 0.193 e. The maximum absolute atomic E-state index is 12.9. The van der Waals surface area contributed by atoms with Crippen LogP contribution in [-0.2, 0) is 0 Å². The van der Waals surface area contributed by atoms with E-state index >= 15 is 0 Å². The average Bonchev–Trinajstić information content (AvgIpc) is 3.15. The zero-order valence-electron chi connectivity index (χ0n) is 27.5. The van der Waals surface area contributed by atoms with Crippen molar-refractivity contribution < 1.29 is 9.53 Å². The molecule has 4 nitrogen and oxygen atoms in total. The minimum atomic E-state index is -0.00661. The molecule has 0 bridgehead atoms. The van der Waals surface area contributed by atoms with Crippen LogP contribution in [-0.4, -0.2) is 5.78 Å². The van der Waals surface area contributed by atoms with Gasteiger partial charge < -0.3 is 14.5 Å². The first-order valence-electron chi connectivity index (χ1n) is 16.4. The van der Waals surface area contributed by atoms with Gasteiger partial charge in [0.15, 0.2) is 5.78 Å². The van der Waals surface area contributed by atoms with E-state index in [0.717, 1.165) is 39.7 Å². The fraction of sp³-hybridized carbons (Fsp3) is 0.0444. The van der Waals surface area contributed by atoms with Crippen molar-refractivity contribution in [2.45, 2.75) is 13.8 Å². The Hall–Kier alpha value is -6.39. The van der Waals surface area contributed by atoms with E-state index in [4.69, 9.17) is 4.74 Å². The van der Waals surface area contributed by atoms with Crippen molar-refractivity contribution in [3.8, 4) is 11.5 Å². The number of benzene rings is 7. The van der Waals surface area contributed by atoms with Crippen molar-refractivity contribution in [2.75, 3.05) is 9.80 Å². The van der Waals surface area contributed by atoms with Crippen molar-refractivity contribution in [1.82, 2.24) is 0 Å². The molecule has 0 heterocycles. The van der Waals surface area contributed by atoms with Crippen LogP contribution in [0.4, 0.5) is 34.1 Å². The van der Waals surface area contributed by atoms with Crippen LogP contribution >= 0.6 is 0 Å². The lowest BCUT2D eigenvalue weighted by atomic mass is 10.0. The molecular weight excluding hydrogens is 601 g/mol. The Balaban J connectivity index is 1.13. The summed E-state index contributed by atoms with van der Waals surface area (Å²) in [6.07, 6.45) is 0. The topological polar surface area (TPSA) is 32.8 Å². The van der Waals surface area contributed by atoms with Crippen LogP contribution in [0.1, 0.15) is 27.0 Å². The predicted octanol–water partition coefficient (Wildman–Crippen LogP) is 12.3. The summed E-state index contributed by atoms with van der Waals surface area (Å²) in [5, 5.41) is 0. The second-order valence-corrected chi connectivity index (χ2v) is 12.0. The Morgan fingerprint density at radius 3 is 1.06 bits per heavy atom. The molecule has 7 rings (SSSR count). The Bertz CT molecular complexity index is 2130. The number of hydrogen-bond donors (Lipinski definition) is 0. The second-order valence-electron chi connectivity index (χ2n) is 12.0. The molecule has 0 radical (unpaired) electrons. The van der Waals surface area contributed by atoms with Crippen LogP contribution in [0.15, 0.2) is 182 Å². The zero-order chi connectivity index (χ0) is 33.6. The van der Waals surface area contributed by atoms with Gasteiger partial charge in [0, 0.05) is 45.3 Å². The van der Waals surface area contributed by atoms with Crippen molar-refractivity contribution in [2.24, 2.45) is 0 Å². The first kappa shape index (κ1) is 31.2. The second kappa shape index (κ2) is 14.2. The van der Waals surface area contributed by atoms with Crippen LogP contribution < -0.4 is 14.5 Å². The molecule has 0 saturated carbocycles. The minimum Gasteiger partial charge on any atom is -0.457 e. The van der Waals surface area contributed by atoms with E-state index in [9.17, 15) is 4.79 Å². The standard InChI is InChI=1S/C45H36N2O2/c1-33-13-17-35(18-14-33)45(48)36-19-29-43(30-20-36)49-44-31-27-42(28-32-44)47(38-11-7-4-8-12-38)41-25-23-40(24-26-41)46(37-9-5-3-6-10-37)39-21-15-34(2)16-22-39/h3-32H,1-2H3. The van der Waals surface area contributed by atoms with E-state index in [2.05, 4.69) is 126 Å². The Morgan fingerprint density at radius 1 is 0.367 bits per heavy atom. The molecule has 7 aromatic rings. The molecule has 238 valence electrons. The van der Waals surface area contributed by atoms with Gasteiger partial charge in [-0.25, -0.2) is 0 Å². The first-order valence-corrected chi connectivity index (χ1v) is 16.4. The molecule has 4 heteroatoms. The summed E-state index contributed by atoms with van der Waals surface area (Å²) in [5.41, 5.74) is 10.0. The minimum absolute atomic E-state index is 0.00661. The highest BCUT2D eigenvalue weighted by molar-refractivity contribution is 6.09. The van der Waals surface area contributed by atoms with Gasteiger partial charge >= 0.3 is 0 Å². The predicted molar refractivity (Wildman–Crippen MR) is 202 cm³/mol. The molecule has 0 N–H and O–H groups in total. The normalized spacial score (nSPS) is 10.7. The number of para-hydroxylation sites is 2. The SMILES string of the molecule is Cc1ccc(C(=O)c2ccc(Oc3ccc(N(c4ccccc4)c4ccc(N(c5ccccc5)c5ccc(C)cc5)cc4)cc3)cc2)cc1. The van der Waals surface area contributed by atoms with Gasteiger partial charge in [-0.1, -0.05) is 83.9 Å². The molecule has 0 spiro atoms. The molecule has 0 aliphatic carbocycles. The number of carbonyl (C=O) groups excluding carboxylic acids is 1. The third-order valence-electron chi connectivity index (χ3n) is 8.45. The summed E-state index contributed by atoms with van der Waals surface area (Å²) in [7, 11) is 0. The van der Waals surface area contributed by atoms with Gasteiger partial charge in [0.25, 0.3) is 0 Å². The van der Waals surface area contributed by atoms with E-state index in [-0.39, 0.29) is 5.78 Å². The lowest BCUT2D eigenvalue weighted by Gasteiger charge is -2.28. The van der Waals surface area contributed by atoms with Gasteiger partial charge in [0.05, 0.1) is 0 Å². The molecular formula is C45H36N2O2. The number of carbonyl (C=O) groups is 1. The van der Waals surface area contributed by atoms with Gasteiger partial charge in [-0.2, -0.15) is 0 Å². The number of ketones is 1. The van der Waals surface area contributed by atoms with Crippen molar-refractivity contribution >= 4 is 39.9 Å². The van der Waals surface area contributed by atoms with Gasteiger partial charge in [-0.05, 0) is 123 Å². The highest BCUT2D eigenvalue weighted by Gasteiger charge is 2.16. The molecule has 0 fully saturated rings. The van der Waals surface area contributed by atoms with E-state index in [1.165, 1.54) is 5.56 Å². The molecule has 0 aliphatic rings. The van der Waals surface area contributed by atoms with Crippen LogP contribution in [0.2, 0.25) is 0 Å². The van der Waals surface area contributed by atoms with E-state index in [0.29, 0.717) is 22.6 Å². The van der Waals surface area contributed by atoms with Crippen LogP contribution in [0.3, 0.4) is 0 Å². The van der Waals surface area contributed by atoms with E-state index in [1.54, 1.807) is 0 Å². The number of ether oxygens (including phenoxy) is 1. The molecule has 7 aromatic carbocycles. The molecule has 0 unspecified atom stereocenters. The Morgan fingerprint density at radius 2 is 0.653 bits per heavy atom. The molecule has 49 heavy (non-hydrogen) atoms. The molecule has 0 saturated heterocycles. The van der Waals surface area contributed by atoms with E-state index in [1.807, 2.05) is 79.7 Å². The van der Waals surface area contributed by atoms with Crippen molar-refractivity contribution in [3.63, 3.8) is 0 Å². The quantitative estimate of drug-likeness (QED) is 0.140. The fourth-order valence-electron chi connectivity index (χ4n) is 5.84. The van der Waals surface area contributed by atoms with Gasteiger partial charge in [0.1, 0.15) is 11.5 Å². The number of aryl methyl sites for hydroxylation is 2. The number of anilines is 6. The first-order chi connectivity index (χ1) is 24.0. The monoisotopic (exact) mass is 636 g/mol. The van der Waals surface area contributed by atoms with Gasteiger partial charge in [0.2, 0.25) is 0 Å². The summed E-state index contributed by atoms with van der Waals surface area (Å²) in [5.74, 6) is 1.37. The summed E-state index contributed by atoms with van der Waals surface area (Å²) < 4.78 is 6.18. The number of hydrogen-bond acceptors (Lipinski definition) is 4. The molecule has 0 amide bonds. The van der Waals surface area contributed by atoms with Crippen LogP contribution in [0, 0.1) is 13.8 Å². The average molecular weight is 637 g/mol. The number of nitrogens with zero attached hydrogens (tertiary/aromatic N) is 2. The highest BCUT2D eigenvalue weighted by atomic mass is 16.5. The Kier molecular flexibility index (Phi) is 9.02. The van der Waals surface area contributed by atoms with Gasteiger partial charge in [-0.3, -0.25) is 4.79 Å². The molecule has 0 aliphatic heterocycles. The lowest BCUT2D eigenvalue weighted by Crippen LogP contribution is -2.12. The molecule has 0 aromatic heterocycles. The van der Waals surface area contributed by atoms with Crippen molar-refractivity contribution in [3.05, 3.63) is 204 Å². The maximum atomic E-state index is 12.9. The van der Waals surface area contributed by atoms with Gasteiger partial charge in [-0.15, -0.1) is 0 Å². The molecule has 0 atom stereocenters. The third-order valence-corrected chi connectivity index (χ3v) is 8.45. The summed E-state index contributed by atoms with van der Waals surface area (Å²) in [6, 6.07) is 61.1.